The lowest BCUT2D eigenvalue weighted by molar-refractivity contribution is 0.102. The van der Waals surface area contributed by atoms with Gasteiger partial charge in [0.2, 0.25) is 0 Å². The van der Waals surface area contributed by atoms with E-state index in [-0.39, 0.29) is 5.91 Å². The highest BCUT2D eigenvalue weighted by Gasteiger charge is 2.26. The van der Waals surface area contributed by atoms with Crippen molar-refractivity contribution >= 4 is 22.2 Å². The van der Waals surface area contributed by atoms with E-state index in [1.54, 1.807) is 29.5 Å². The van der Waals surface area contributed by atoms with Crippen LogP contribution in [0.1, 0.15) is 46.1 Å². The van der Waals surface area contributed by atoms with E-state index in [2.05, 4.69) is 18.3 Å². The van der Waals surface area contributed by atoms with Crippen molar-refractivity contribution in [3.05, 3.63) is 39.8 Å². The van der Waals surface area contributed by atoms with Crippen LogP contribution >= 0.6 is 11.3 Å². The fraction of sp³-hybridized carbons (Fsp3) is 0.400. The first kappa shape index (κ1) is 16.9. The zero-order chi connectivity index (χ0) is 18.1. The molecule has 0 fully saturated rings. The molecule has 0 saturated carbocycles. The van der Waals surface area contributed by atoms with Crippen LogP contribution in [0.15, 0.2) is 18.2 Å². The predicted octanol–water partition coefficient (Wildman–Crippen LogP) is 4.16. The van der Waals surface area contributed by atoms with E-state index < -0.39 is 0 Å². The Morgan fingerprint density at radius 1 is 1.35 bits per heavy atom. The number of anilines is 1. The normalized spacial score (nSPS) is 17.9. The molecule has 1 amide bonds. The molecule has 1 atom stereocenters. The van der Waals surface area contributed by atoms with Crippen molar-refractivity contribution in [1.82, 2.24) is 0 Å². The van der Waals surface area contributed by atoms with Crippen LogP contribution < -0.4 is 14.8 Å². The molecular formula is C20H20N2O3S. The van der Waals surface area contributed by atoms with Gasteiger partial charge in [0, 0.05) is 10.4 Å². The van der Waals surface area contributed by atoms with Crippen molar-refractivity contribution in [3.8, 4) is 17.6 Å². The number of hydrogen-bond acceptors (Lipinski definition) is 5. The van der Waals surface area contributed by atoms with E-state index in [0.29, 0.717) is 46.8 Å². The third kappa shape index (κ3) is 3.04. The fourth-order valence-electron chi connectivity index (χ4n) is 3.57. The van der Waals surface area contributed by atoms with E-state index in [1.165, 1.54) is 4.88 Å². The Balaban J connectivity index is 1.58. The van der Waals surface area contributed by atoms with Crippen molar-refractivity contribution in [3.63, 3.8) is 0 Å². The van der Waals surface area contributed by atoms with E-state index in [9.17, 15) is 10.1 Å². The van der Waals surface area contributed by atoms with Gasteiger partial charge in [-0.05, 0) is 48.9 Å². The summed E-state index contributed by atoms with van der Waals surface area (Å²) in [5.74, 6) is 1.68. The van der Waals surface area contributed by atoms with Gasteiger partial charge in [0.1, 0.15) is 24.3 Å². The second kappa shape index (κ2) is 7.00. The minimum atomic E-state index is -0.232. The molecule has 0 saturated heterocycles. The Labute approximate surface area is 156 Å². The lowest BCUT2D eigenvalue weighted by atomic mass is 9.86. The molecule has 1 aromatic carbocycles. The first-order valence-corrected chi connectivity index (χ1v) is 9.77. The van der Waals surface area contributed by atoms with E-state index >= 15 is 0 Å². The largest absolute Gasteiger partial charge is 0.486 e. The van der Waals surface area contributed by atoms with Crippen LogP contribution in [0.4, 0.5) is 5.00 Å². The third-order valence-electron chi connectivity index (χ3n) is 5.09. The molecule has 2 aliphatic rings. The number of rotatable bonds is 3. The van der Waals surface area contributed by atoms with Crippen molar-refractivity contribution < 1.29 is 14.3 Å². The molecule has 2 heterocycles. The highest BCUT2D eigenvalue weighted by atomic mass is 32.1. The van der Waals surface area contributed by atoms with Gasteiger partial charge in [0.25, 0.3) is 5.91 Å². The molecule has 0 bridgehead atoms. The minimum Gasteiger partial charge on any atom is -0.486 e. The van der Waals surface area contributed by atoms with Gasteiger partial charge >= 0.3 is 0 Å². The van der Waals surface area contributed by atoms with Crippen LogP contribution in [0, 0.1) is 17.2 Å². The minimum absolute atomic E-state index is 0.232. The Kier molecular flexibility index (Phi) is 4.56. The number of nitriles is 1. The summed E-state index contributed by atoms with van der Waals surface area (Å²) in [5, 5.41) is 13.2. The lowest BCUT2D eigenvalue weighted by Gasteiger charge is -2.20. The number of nitrogens with one attached hydrogen (secondary N) is 1. The number of nitrogens with zero attached hydrogens (tertiary/aromatic N) is 1. The molecular weight excluding hydrogens is 348 g/mol. The maximum atomic E-state index is 12.7. The predicted molar refractivity (Wildman–Crippen MR) is 100 cm³/mol. The Bertz CT molecular complexity index is 897. The van der Waals surface area contributed by atoms with Crippen LogP contribution in [0.3, 0.4) is 0 Å². The average Bonchev–Trinajstić information content (AvgIpc) is 3.03. The smallest absolute Gasteiger partial charge is 0.256 e. The van der Waals surface area contributed by atoms with E-state index in [1.807, 2.05) is 0 Å². The van der Waals surface area contributed by atoms with Gasteiger partial charge in [0.15, 0.2) is 11.5 Å². The van der Waals surface area contributed by atoms with E-state index in [0.717, 1.165) is 31.2 Å². The third-order valence-corrected chi connectivity index (χ3v) is 6.26. The summed E-state index contributed by atoms with van der Waals surface area (Å²) in [4.78, 5) is 13.9. The number of carbonyl (C=O) groups excluding carboxylic acids is 1. The molecule has 1 aliphatic carbocycles. The standard InChI is InChI=1S/C20H20N2O3S/c1-2-12-3-5-14-15(11-21)20(26-18(14)9-12)22-19(23)13-4-6-16-17(10-13)25-8-7-24-16/h4,6,10,12H,2-3,5,7-9H2,1H3,(H,22,23)/t12-/m0/s1. The van der Waals surface area contributed by atoms with E-state index in [4.69, 9.17) is 9.47 Å². The maximum Gasteiger partial charge on any atom is 0.256 e. The molecule has 1 N–H and O–H groups in total. The quantitative estimate of drug-likeness (QED) is 0.883. The first-order chi connectivity index (χ1) is 12.7. The molecule has 2 aromatic rings. The van der Waals surface area contributed by atoms with Crippen molar-refractivity contribution in [2.45, 2.75) is 32.6 Å². The zero-order valence-electron chi connectivity index (χ0n) is 14.6. The van der Waals surface area contributed by atoms with Crippen molar-refractivity contribution in [2.75, 3.05) is 18.5 Å². The summed E-state index contributed by atoms with van der Waals surface area (Å²) in [5.41, 5.74) is 2.25. The highest BCUT2D eigenvalue weighted by Crippen LogP contribution is 2.40. The number of ether oxygens (including phenoxy) is 2. The summed E-state index contributed by atoms with van der Waals surface area (Å²) >= 11 is 1.55. The van der Waals surface area contributed by atoms with Crippen molar-refractivity contribution in [2.24, 2.45) is 5.92 Å². The second-order valence-electron chi connectivity index (χ2n) is 6.65. The van der Waals surface area contributed by atoms with Gasteiger partial charge in [-0.3, -0.25) is 4.79 Å². The number of hydrogen-bond donors (Lipinski definition) is 1. The Morgan fingerprint density at radius 3 is 2.92 bits per heavy atom. The van der Waals surface area contributed by atoms with Crippen molar-refractivity contribution in [1.29, 1.82) is 5.26 Å². The molecule has 1 aromatic heterocycles. The lowest BCUT2D eigenvalue weighted by Crippen LogP contribution is -2.17. The summed E-state index contributed by atoms with van der Waals surface area (Å²) in [6.45, 7) is 3.20. The molecule has 0 unspecified atom stereocenters. The molecule has 5 nitrogen and oxygen atoms in total. The number of amides is 1. The number of thiophene rings is 1. The van der Waals surface area contributed by atoms with Gasteiger partial charge in [-0.15, -0.1) is 11.3 Å². The van der Waals surface area contributed by atoms with Crippen LogP contribution in [0.25, 0.3) is 0 Å². The van der Waals surface area contributed by atoms with Crippen LogP contribution in [-0.4, -0.2) is 19.1 Å². The summed E-state index contributed by atoms with van der Waals surface area (Å²) in [6.07, 6.45) is 4.20. The zero-order valence-corrected chi connectivity index (χ0v) is 15.4. The molecule has 134 valence electrons. The molecule has 6 heteroatoms. The molecule has 1 aliphatic heterocycles. The molecule has 26 heavy (non-hydrogen) atoms. The second-order valence-corrected chi connectivity index (χ2v) is 7.75. The highest BCUT2D eigenvalue weighted by molar-refractivity contribution is 7.16. The van der Waals surface area contributed by atoms with Gasteiger partial charge in [-0.2, -0.15) is 5.26 Å². The molecule has 0 radical (unpaired) electrons. The SMILES string of the molecule is CC[C@H]1CCc2c(sc(NC(=O)c3ccc4c(c3)OCCO4)c2C#N)C1. The van der Waals surface area contributed by atoms with Gasteiger partial charge in [0.05, 0.1) is 5.56 Å². The van der Waals surface area contributed by atoms with Crippen LogP contribution in [-0.2, 0) is 12.8 Å². The topological polar surface area (TPSA) is 71.3 Å². The van der Waals surface area contributed by atoms with Gasteiger partial charge in [-0.25, -0.2) is 0 Å². The fourth-order valence-corrected chi connectivity index (χ4v) is 4.88. The molecule has 4 rings (SSSR count). The summed E-state index contributed by atoms with van der Waals surface area (Å²) in [7, 11) is 0. The maximum absolute atomic E-state index is 12.7. The van der Waals surface area contributed by atoms with Gasteiger partial charge in [-0.1, -0.05) is 13.3 Å². The Morgan fingerprint density at radius 2 is 2.15 bits per heavy atom. The monoisotopic (exact) mass is 368 g/mol. The van der Waals surface area contributed by atoms with Gasteiger partial charge < -0.3 is 14.8 Å². The summed E-state index contributed by atoms with van der Waals surface area (Å²) in [6, 6.07) is 7.45. The summed E-state index contributed by atoms with van der Waals surface area (Å²) < 4.78 is 11.0. The van der Waals surface area contributed by atoms with Crippen LogP contribution in [0.2, 0.25) is 0 Å². The first-order valence-electron chi connectivity index (χ1n) is 8.95. The molecule has 0 spiro atoms. The number of carbonyl (C=O) groups is 1. The average molecular weight is 368 g/mol. The van der Waals surface area contributed by atoms with Crippen LogP contribution in [0.5, 0.6) is 11.5 Å². The Hall–Kier alpha value is -2.52. The number of fused-ring (bicyclic) bond motifs is 2. The number of benzene rings is 1.